The van der Waals surface area contributed by atoms with Gasteiger partial charge < -0.3 is 14.7 Å². The first-order valence-electron chi connectivity index (χ1n) is 7.00. The fourth-order valence-corrected chi connectivity index (χ4v) is 1.88. The number of hydrogen-bond acceptors (Lipinski definition) is 4. The Bertz CT molecular complexity index is 520. The van der Waals surface area contributed by atoms with Crippen LogP contribution in [-0.2, 0) is 4.74 Å². The number of pyridine rings is 1. The van der Waals surface area contributed by atoms with Crippen molar-refractivity contribution in [2.45, 2.75) is 26.3 Å². The molecule has 114 valence electrons. The van der Waals surface area contributed by atoms with Gasteiger partial charge in [0.05, 0.1) is 12.2 Å². The molecule has 1 aromatic heterocycles. The molecule has 0 saturated carbocycles. The average molecular weight is 290 g/mol. The number of carbonyl (C=O) groups is 1. The Morgan fingerprint density at radius 1 is 1.57 bits per heavy atom. The van der Waals surface area contributed by atoms with Gasteiger partial charge in [-0.1, -0.05) is 18.8 Å². The molecule has 1 unspecified atom stereocenters. The van der Waals surface area contributed by atoms with Crippen LogP contribution < -0.4 is 0 Å². The van der Waals surface area contributed by atoms with Crippen molar-refractivity contribution in [2.24, 2.45) is 0 Å². The second-order valence-corrected chi connectivity index (χ2v) is 4.61. The maximum absolute atomic E-state index is 12.7. The zero-order valence-electron chi connectivity index (χ0n) is 12.8. The summed E-state index contributed by atoms with van der Waals surface area (Å²) >= 11 is 0. The third kappa shape index (κ3) is 4.85. The number of carbonyl (C=O) groups excluding carboxylic acids is 1. The van der Waals surface area contributed by atoms with Gasteiger partial charge in [-0.2, -0.15) is 0 Å². The van der Waals surface area contributed by atoms with Crippen LogP contribution in [-0.4, -0.2) is 53.8 Å². The van der Waals surface area contributed by atoms with E-state index in [0.29, 0.717) is 24.4 Å². The van der Waals surface area contributed by atoms with Crippen molar-refractivity contribution in [3.63, 3.8) is 0 Å². The number of methoxy groups -OCH3 is 1. The van der Waals surface area contributed by atoms with E-state index < -0.39 is 0 Å². The number of nitrogens with zero attached hydrogens (tertiary/aromatic N) is 2. The van der Waals surface area contributed by atoms with Crippen molar-refractivity contribution < 1.29 is 14.6 Å². The van der Waals surface area contributed by atoms with E-state index >= 15 is 0 Å². The summed E-state index contributed by atoms with van der Waals surface area (Å²) in [6.07, 6.45) is 2.42. The van der Waals surface area contributed by atoms with E-state index in [2.05, 4.69) is 16.8 Å². The summed E-state index contributed by atoms with van der Waals surface area (Å²) < 4.78 is 5.07. The van der Waals surface area contributed by atoms with Crippen LogP contribution in [0.4, 0.5) is 0 Å². The highest BCUT2D eigenvalue weighted by Gasteiger charge is 2.23. The second kappa shape index (κ2) is 9.11. The zero-order chi connectivity index (χ0) is 15.7. The Kier molecular flexibility index (Phi) is 7.44. The molecule has 0 bridgehead atoms. The summed E-state index contributed by atoms with van der Waals surface area (Å²) in [5.41, 5.74) is 0.845. The first-order chi connectivity index (χ1) is 10.2. The summed E-state index contributed by atoms with van der Waals surface area (Å²) in [7, 11) is 1.61. The van der Waals surface area contributed by atoms with Crippen LogP contribution in [0.1, 0.15) is 36.3 Å². The normalized spacial score (nSPS) is 11.4. The van der Waals surface area contributed by atoms with Gasteiger partial charge in [0.2, 0.25) is 0 Å². The van der Waals surface area contributed by atoms with Gasteiger partial charge in [-0.25, -0.2) is 4.98 Å². The monoisotopic (exact) mass is 290 g/mol. The smallest absolute Gasteiger partial charge is 0.274 e. The predicted molar refractivity (Wildman–Crippen MR) is 80.9 cm³/mol. The van der Waals surface area contributed by atoms with Crippen molar-refractivity contribution >= 4 is 5.91 Å². The molecule has 0 aromatic carbocycles. The number of aromatic nitrogens is 1. The maximum Gasteiger partial charge on any atom is 0.274 e. The van der Waals surface area contributed by atoms with Gasteiger partial charge in [-0.05, 0) is 25.5 Å². The Morgan fingerprint density at radius 3 is 2.95 bits per heavy atom. The van der Waals surface area contributed by atoms with E-state index in [1.807, 2.05) is 13.8 Å². The molecule has 0 spiro atoms. The van der Waals surface area contributed by atoms with Crippen LogP contribution in [0.5, 0.6) is 0 Å². The molecule has 1 N–H and O–H groups in total. The number of aliphatic hydroxyl groups is 1. The molecule has 0 aliphatic carbocycles. The lowest BCUT2D eigenvalue weighted by Gasteiger charge is -2.28. The number of hydrogen-bond donors (Lipinski definition) is 1. The number of amides is 1. The quantitative estimate of drug-likeness (QED) is 0.803. The van der Waals surface area contributed by atoms with Gasteiger partial charge in [0, 0.05) is 25.9 Å². The van der Waals surface area contributed by atoms with E-state index in [0.717, 1.165) is 6.42 Å². The number of rotatable bonds is 6. The lowest BCUT2D eigenvalue weighted by molar-refractivity contribution is 0.0608. The first-order valence-corrected chi connectivity index (χ1v) is 7.00. The molecule has 0 aliphatic heterocycles. The van der Waals surface area contributed by atoms with Gasteiger partial charge in [-0.15, -0.1) is 0 Å². The van der Waals surface area contributed by atoms with E-state index in [1.165, 1.54) is 0 Å². The highest BCUT2D eigenvalue weighted by molar-refractivity contribution is 5.95. The molecule has 1 aromatic rings. The molecular formula is C16H22N2O3. The topological polar surface area (TPSA) is 62.7 Å². The van der Waals surface area contributed by atoms with Gasteiger partial charge in [0.1, 0.15) is 12.3 Å². The molecule has 5 nitrogen and oxygen atoms in total. The van der Waals surface area contributed by atoms with Crippen molar-refractivity contribution in [3.05, 3.63) is 29.6 Å². The van der Waals surface area contributed by atoms with Crippen molar-refractivity contribution in [1.29, 1.82) is 0 Å². The fraction of sp³-hybridized carbons (Fsp3) is 0.500. The molecule has 1 rings (SSSR count). The Labute approximate surface area is 125 Å². The number of aliphatic hydroxyl groups excluding tert-OH is 1. The van der Waals surface area contributed by atoms with Gasteiger partial charge in [0.15, 0.2) is 0 Å². The highest BCUT2D eigenvalue weighted by atomic mass is 16.5. The SMILES string of the molecule is CCC(C)N(CCOC)C(=O)c1ncccc1C#CCO. The summed E-state index contributed by atoms with van der Waals surface area (Å²) in [6, 6.07) is 3.54. The fourth-order valence-electron chi connectivity index (χ4n) is 1.88. The van der Waals surface area contributed by atoms with Crippen molar-refractivity contribution in [3.8, 4) is 11.8 Å². The molecule has 5 heteroatoms. The molecular weight excluding hydrogens is 268 g/mol. The van der Waals surface area contributed by atoms with Crippen LogP contribution in [0.25, 0.3) is 0 Å². The molecule has 0 aliphatic rings. The third-order valence-electron chi connectivity index (χ3n) is 3.23. The van der Waals surface area contributed by atoms with E-state index in [1.54, 1.807) is 30.3 Å². The first kappa shape index (κ1) is 17.2. The molecule has 0 fully saturated rings. The Morgan fingerprint density at radius 2 is 2.33 bits per heavy atom. The lowest BCUT2D eigenvalue weighted by atomic mass is 10.1. The average Bonchev–Trinajstić information content (AvgIpc) is 2.52. The Balaban J connectivity index is 3.08. The van der Waals surface area contributed by atoms with Crippen LogP contribution in [0.2, 0.25) is 0 Å². The van der Waals surface area contributed by atoms with Crippen LogP contribution in [0, 0.1) is 11.8 Å². The molecule has 1 amide bonds. The predicted octanol–water partition coefficient (Wildman–Crippen LogP) is 1.31. The lowest BCUT2D eigenvalue weighted by Crippen LogP contribution is -2.41. The standard InChI is InChI=1S/C16H22N2O3/c1-4-13(2)18(10-12-21-3)16(20)15-14(8-6-11-19)7-5-9-17-15/h5,7,9,13,19H,4,10-12H2,1-3H3. The minimum Gasteiger partial charge on any atom is -0.384 e. The van der Waals surface area contributed by atoms with Crippen LogP contribution in [0.3, 0.4) is 0 Å². The summed E-state index contributed by atoms with van der Waals surface area (Å²) in [4.78, 5) is 18.6. The van der Waals surface area contributed by atoms with Gasteiger partial charge >= 0.3 is 0 Å². The molecule has 21 heavy (non-hydrogen) atoms. The second-order valence-electron chi connectivity index (χ2n) is 4.61. The summed E-state index contributed by atoms with van der Waals surface area (Å²) in [6.45, 7) is 4.76. The van der Waals surface area contributed by atoms with Gasteiger partial charge in [-0.3, -0.25) is 4.79 Å². The summed E-state index contributed by atoms with van der Waals surface area (Å²) in [5, 5.41) is 8.80. The largest absolute Gasteiger partial charge is 0.384 e. The molecule has 1 atom stereocenters. The molecule has 0 radical (unpaired) electrons. The minimum absolute atomic E-state index is 0.0910. The highest BCUT2D eigenvalue weighted by Crippen LogP contribution is 2.12. The maximum atomic E-state index is 12.7. The molecule has 0 saturated heterocycles. The van der Waals surface area contributed by atoms with E-state index in [4.69, 9.17) is 9.84 Å². The molecule has 1 heterocycles. The summed E-state index contributed by atoms with van der Waals surface area (Å²) in [5.74, 6) is 5.16. The number of ether oxygens (including phenoxy) is 1. The third-order valence-corrected chi connectivity index (χ3v) is 3.23. The van der Waals surface area contributed by atoms with Crippen molar-refractivity contribution in [1.82, 2.24) is 9.88 Å². The minimum atomic E-state index is -0.249. The Hall–Kier alpha value is -1.90. The van der Waals surface area contributed by atoms with E-state index in [-0.39, 0.29) is 18.6 Å². The van der Waals surface area contributed by atoms with Crippen LogP contribution in [0.15, 0.2) is 18.3 Å². The van der Waals surface area contributed by atoms with E-state index in [9.17, 15) is 4.79 Å². The van der Waals surface area contributed by atoms with Crippen molar-refractivity contribution in [2.75, 3.05) is 26.9 Å². The van der Waals surface area contributed by atoms with Crippen LogP contribution >= 0.6 is 0 Å². The zero-order valence-corrected chi connectivity index (χ0v) is 12.8. The van der Waals surface area contributed by atoms with Gasteiger partial charge in [0.25, 0.3) is 5.91 Å².